The molecule has 3 heterocycles. The topological polar surface area (TPSA) is 44.3 Å². The van der Waals surface area contributed by atoms with Gasteiger partial charge in [-0.1, -0.05) is 0 Å². The van der Waals surface area contributed by atoms with Crippen LogP contribution < -0.4 is 10.2 Å². The van der Waals surface area contributed by atoms with E-state index in [1.54, 1.807) is 0 Å². The van der Waals surface area contributed by atoms with Gasteiger partial charge in [0.25, 0.3) is 0 Å². The Balaban J connectivity index is 1.64. The summed E-state index contributed by atoms with van der Waals surface area (Å²) < 4.78 is 0. The fraction of sp³-hybridized carbons (Fsp3) is 0.692. The number of hydrogen-bond donors (Lipinski definition) is 1. The predicted molar refractivity (Wildman–Crippen MR) is 71.8 cm³/mol. The van der Waals surface area contributed by atoms with Crippen molar-refractivity contribution in [3.05, 3.63) is 18.0 Å². The van der Waals surface area contributed by atoms with E-state index in [-0.39, 0.29) is 0 Å². The normalized spacial score (nSPS) is 25.6. The average Bonchev–Trinajstić information content (AvgIpc) is 2.89. The first kappa shape index (κ1) is 11.9. The van der Waals surface area contributed by atoms with Crippen molar-refractivity contribution in [1.82, 2.24) is 20.2 Å². The molecule has 5 heteroatoms. The van der Waals surface area contributed by atoms with Crippen LogP contribution in [0, 0.1) is 6.92 Å². The summed E-state index contributed by atoms with van der Waals surface area (Å²) in [4.78, 5) is 13.8. The summed E-state index contributed by atoms with van der Waals surface area (Å²) in [7, 11) is 0. The van der Waals surface area contributed by atoms with Crippen molar-refractivity contribution >= 4 is 5.95 Å². The average molecular weight is 247 g/mol. The second-order valence-corrected chi connectivity index (χ2v) is 5.17. The molecule has 0 radical (unpaired) electrons. The lowest BCUT2D eigenvalue weighted by Crippen LogP contribution is -2.49. The maximum Gasteiger partial charge on any atom is 0.225 e. The van der Waals surface area contributed by atoms with Crippen molar-refractivity contribution in [3.8, 4) is 0 Å². The van der Waals surface area contributed by atoms with E-state index in [1.807, 2.05) is 19.2 Å². The van der Waals surface area contributed by atoms with E-state index in [2.05, 4.69) is 25.1 Å². The van der Waals surface area contributed by atoms with Crippen LogP contribution in [0.1, 0.15) is 12.1 Å². The van der Waals surface area contributed by atoms with Crippen molar-refractivity contribution in [2.75, 3.05) is 44.2 Å². The lowest BCUT2D eigenvalue weighted by atomic mass is 10.2. The molecule has 1 atom stereocenters. The summed E-state index contributed by atoms with van der Waals surface area (Å²) in [5.74, 6) is 0.896. The molecule has 0 bridgehead atoms. The Hall–Kier alpha value is -1.20. The molecule has 98 valence electrons. The third kappa shape index (κ3) is 2.47. The van der Waals surface area contributed by atoms with Gasteiger partial charge in [0.2, 0.25) is 5.95 Å². The van der Waals surface area contributed by atoms with Crippen molar-refractivity contribution in [2.45, 2.75) is 19.4 Å². The molecule has 3 rings (SSSR count). The fourth-order valence-electron chi connectivity index (χ4n) is 2.86. The van der Waals surface area contributed by atoms with E-state index >= 15 is 0 Å². The van der Waals surface area contributed by atoms with Gasteiger partial charge in [0.05, 0.1) is 0 Å². The third-order valence-electron chi connectivity index (χ3n) is 3.90. The molecule has 0 aromatic carbocycles. The van der Waals surface area contributed by atoms with Crippen LogP contribution in [0.4, 0.5) is 5.95 Å². The molecule has 0 aliphatic carbocycles. The van der Waals surface area contributed by atoms with Gasteiger partial charge in [-0.25, -0.2) is 9.97 Å². The Labute approximate surface area is 108 Å². The molecule has 0 spiro atoms. The van der Waals surface area contributed by atoms with Gasteiger partial charge in [-0.2, -0.15) is 0 Å². The first-order chi connectivity index (χ1) is 8.83. The van der Waals surface area contributed by atoms with E-state index < -0.39 is 0 Å². The summed E-state index contributed by atoms with van der Waals surface area (Å²) in [5.41, 5.74) is 1.05. The highest BCUT2D eigenvalue weighted by Gasteiger charge is 2.29. The molecule has 0 saturated carbocycles. The second kappa shape index (κ2) is 5.20. The Kier molecular flexibility index (Phi) is 3.43. The zero-order chi connectivity index (χ0) is 12.4. The summed E-state index contributed by atoms with van der Waals surface area (Å²) in [6.07, 6.45) is 3.09. The maximum absolute atomic E-state index is 4.52. The summed E-state index contributed by atoms with van der Waals surface area (Å²) in [6, 6.07) is 2.63. The van der Waals surface area contributed by atoms with Crippen LogP contribution in [0.3, 0.4) is 0 Å². The van der Waals surface area contributed by atoms with Gasteiger partial charge in [0, 0.05) is 57.2 Å². The molecule has 1 N–H and O–H groups in total. The Morgan fingerprint density at radius 3 is 2.89 bits per heavy atom. The van der Waals surface area contributed by atoms with Crippen LogP contribution in [0.15, 0.2) is 12.3 Å². The summed E-state index contributed by atoms with van der Waals surface area (Å²) in [6.45, 7) is 8.77. The number of hydrogen-bond acceptors (Lipinski definition) is 5. The molecular formula is C13H21N5. The predicted octanol–water partition coefficient (Wildman–Crippen LogP) is 0.269. The zero-order valence-electron chi connectivity index (χ0n) is 11.0. The van der Waals surface area contributed by atoms with Crippen LogP contribution in [-0.2, 0) is 0 Å². The standard InChI is InChI=1S/C13H21N5/c1-11-2-4-15-13(16-11)18-7-3-12(10-18)17-8-5-14-6-9-17/h2,4,12,14H,3,5-10H2,1H3. The van der Waals surface area contributed by atoms with Crippen LogP contribution >= 0.6 is 0 Å². The van der Waals surface area contributed by atoms with E-state index in [0.717, 1.165) is 37.8 Å². The molecular weight excluding hydrogens is 226 g/mol. The monoisotopic (exact) mass is 247 g/mol. The number of anilines is 1. The molecule has 18 heavy (non-hydrogen) atoms. The Morgan fingerprint density at radius 2 is 2.11 bits per heavy atom. The third-order valence-corrected chi connectivity index (χ3v) is 3.90. The van der Waals surface area contributed by atoms with Crippen molar-refractivity contribution in [2.24, 2.45) is 0 Å². The van der Waals surface area contributed by atoms with E-state index in [9.17, 15) is 0 Å². The SMILES string of the molecule is Cc1ccnc(N2CCC(N3CCNCC3)C2)n1. The summed E-state index contributed by atoms with van der Waals surface area (Å²) in [5, 5.41) is 3.41. The van der Waals surface area contributed by atoms with Gasteiger partial charge in [-0.15, -0.1) is 0 Å². The fourth-order valence-corrected chi connectivity index (χ4v) is 2.86. The van der Waals surface area contributed by atoms with Crippen molar-refractivity contribution in [3.63, 3.8) is 0 Å². The smallest absolute Gasteiger partial charge is 0.225 e. The quantitative estimate of drug-likeness (QED) is 0.812. The number of aryl methyl sites for hydroxylation is 1. The largest absolute Gasteiger partial charge is 0.339 e. The maximum atomic E-state index is 4.52. The van der Waals surface area contributed by atoms with E-state index in [4.69, 9.17) is 0 Å². The van der Waals surface area contributed by atoms with E-state index in [0.29, 0.717) is 6.04 Å². The highest BCUT2D eigenvalue weighted by molar-refractivity contribution is 5.32. The lowest BCUT2D eigenvalue weighted by Gasteiger charge is -2.32. The minimum absolute atomic E-state index is 0.677. The van der Waals surface area contributed by atoms with Crippen molar-refractivity contribution < 1.29 is 0 Å². The van der Waals surface area contributed by atoms with Crippen molar-refractivity contribution in [1.29, 1.82) is 0 Å². The first-order valence-electron chi connectivity index (χ1n) is 6.82. The Morgan fingerprint density at radius 1 is 1.28 bits per heavy atom. The second-order valence-electron chi connectivity index (χ2n) is 5.17. The van der Waals surface area contributed by atoms with Gasteiger partial charge < -0.3 is 10.2 Å². The number of nitrogens with zero attached hydrogens (tertiary/aromatic N) is 4. The highest BCUT2D eigenvalue weighted by atomic mass is 15.3. The lowest BCUT2D eigenvalue weighted by molar-refractivity contribution is 0.185. The molecule has 1 aromatic heterocycles. The van der Waals surface area contributed by atoms with Gasteiger partial charge in [-0.05, 0) is 19.4 Å². The number of aromatic nitrogens is 2. The molecule has 1 unspecified atom stereocenters. The number of piperazine rings is 1. The Bertz CT molecular complexity index is 402. The summed E-state index contributed by atoms with van der Waals surface area (Å²) >= 11 is 0. The minimum atomic E-state index is 0.677. The van der Waals surface area contributed by atoms with Crippen LogP contribution in [0.25, 0.3) is 0 Å². The van der Waals surface area contributed by atoms with Crippen LogP contribution in [0.5, 0.6) is 0 Å². The number of rotatable bonds is 2. The van der Waals surface area contributed by atoms with Crippen LogP contribution in [0.2, 0.25) is 0 Å². The van der Waals surface area contributed by atoms with Gasteiger partial charge >= 0.3 is 0 Å². The molecule has 2 aliphatic rings. The molecule has 0 amide bonds. The molecule has 2 aliphatic heterocycles. The van der Waals surface area contributed by atoms with E-state index in [1.165, 1.54) is 19.5 Å². The molecule has 5 nitrogen and oxygen atoms in total. The number of nitrogens with one attached hydrogen (secondary N) is 1. The molecule has 1 aromatic rings. The zero-order valence-corrected chi connectivity index (χ0v) is 11.0. The van der Waals surface area contributed by atoms with Gasteiger partial charge in [0.15, 0.2) is 0 Å². The van der Waals surface area contributed by atoms with Gasteiger partial charge in [0.1, 0.15) is 0 Å². The first-order valence-corrected chi connectivity index (χ1v) is 6.82. The molecule has 2 saturated heterocycles. The minimum Gasteiger partial charge on any atom is -0.339 e. The van der Waals surface area contributed by atoms with Gasteiger partial charge in [-0.3, -0.25) is 4.90 Å². The highest BCUT2D eigenvalue weighted by Crippen LogP contribution is 2.20. The van der Waals surface area contributed by atoms with Crippen LogP contribution in [-0.4, -0.2) is 60.2 Å². The molecule has 2 fully saturated rings.